The maximum Gasteiger partial charge on any atom is 0.272 e. The van der Waals surface area contributed by atoms with Crippen molar-refractivity contribution in [3.05, 3.63) is 42.4 Å². The zero-order valence-corrected chi connectivity index (χ0v) is 11.6. The van der Waals surface area contributed by atoms with Crippen LogP contribution in [0.15, 0.2) is 36.7 Å². The number of nitrogens with zero attached hydrogens (tertiary/aromatic N) is 3. The molecule has 0 fully saturated rings. The molecule has 6 heteroatoms. The Morgan fingerprint density at radius 2 is 2.05 bits per heavy atom. The van der Waals surface area contributed by atoms with Crippen molar-refractivity contribution in [3.8, 4) is 10.7 Å². The third kappa shape index (κ3) is 2.25. The molecule has 1 N–H and O–H groups in total. The number of fused-ring (bicyclic) bond motifs is 1. The van der Waals surface area contributed by atoms with E-state index in [4.69, 9.17) is 0 Å². The summed E-state index contributed by atoms with van der Waals surface area (Å²) in [7, 11) is 0. The number of nitrogens with one attached hydrogen (secondary N) is 1. The predicted octanol–water partition coefficient (Wildman–Crippen LogP) is 2.50. The van der Waals surface area contributed by atoms with E-state index in [0.29, 0.717) is 22.9 Å². The summed E-state index contributed by atoms with van der Waals surface area (Å²) in [6.07, 6.45) is 3.09. The number of amides is 1. The van der Waals surface area contributed by atoms with Crippen LogP contribution in [0, 0.1) is 0 Å². The molecule has 0 unspecified atom stereocenters. The van der Waals surface area contributed by atoms with Crippen molar-refractivity contribution in [1.82, 2.24) is 20.3 Å². The van der Waals surface area contributed by atoms with Crippen molar-refractivity contribution in [2.75, 3.05) is 6.54 Å². The van der Waals surface area contributed by atoms with Crippen molar-refractivity contribution in [2.24, 2.45) is 0 Å². The maximum absolute atomic E-state index is 12.0. The van der Waals surface area contributed by atoms with Gasteiger partial charge in [-0.05, 0) is 19.1 Å². The number of para-hydroxylation sites is 1. The highest BCUT2D eigenvalue weighted by atomic mass is 32.1. The van der Waals surface area contributed by atoms with Gasteiger partial charge in [0.15, 0.2) is 5.69 Å². The molecule has 0 aliphatic rings. The molecule has 1 aromatic carbocycles. The molecule has 0 atom stereocenters. The molecule has 1 amide bonds. The topological polar surface area (TPSA) is 67.8 Å². The van der Waals surface area contributed by atoms with E-state index in [-0.39, 0.29) is 5.91 Å². The maximum atomic E-state index is 12.0. The average molecular weight is 284 g/mol. The zero-order valence-electron chi connectivity index (χ0n) is 10.8. The first-order chi connectivity index (χ1) is 9.79. The summed E-state index contributed by atoms with van der Waals surface area (Å²) in [5.41, 5.74) is 1.74. The van der Waals surface area contributed by atoms with E-state index in [1.807, 2.05) is 31.2 Å². The summed E-state index contributed by atoms with van der Waals surface area (Å²) in [6, 6.07) is 7.84. The summed E-state index contributed by atoms with van der Waals surface area (Å²) in [6.45, 7) is 2.42. The fourth-order valence-corrected chi connectivity index (χ4v) is 2.84. The van der Waals surface area contributed by atoms with Gasteiger partial charge in [0, 0.05) is 18.9 Å². The Kier molecular flexibility index (Phi) is 3.39. The largest absolute Gasteiger partial charge is 0.351 e. The van der Waals surface area contributed by atoms with Crippen LogP contribution in [-0.2, 0) is 0 Å². The second kappa shape index (κ2) is 5.34. The van der Waals surface area contributed by atoms with E-state index in [1.165, 1.54) is 17.5 Å². The summed E-state index contributed by atoms with van der Waals surface area (Å²) in [5.74, 6) is -0.227. The van der Waals surface area contributed by atoms with Crippen LogP contribution in [0.5, 0.6) is 0 Å². The third-order valence-electron chi connectivity index (χ3n) is 2.75. The molecule has 0 spiro atoms. The van der Waals surface area contributed by atoms with Crippen molar-refractivity contribution in [1.29, 1.82) is 0 Å². The molecule has 0 saturated carbocycles. The molecule has 0 radical (unpaired) electrons. The van der Waals surface area contributed by atoms with Crippen LogP contribution < -0.4 is 5.32 Å². The summed E-state index contributed by atoms with van der Waals surface area (Å²) in [4.78, 5) is 24.9. The second-order valence-electron chi connectivity index (χ2n) is 4.10. The van der Waals surface area contributed by atoms with Crippen LogP contribution in [-0.4, -0.2) is 27.4 Å². The molecule has 3 rings (SSSR count). The van der Waals surface area contributed by atoms with Gasteiger partial charge in [-0.3, -0.25) is 4.79 Å². The molecule has 2 heterocycles. The lowest BCUT2D eigenvalue weighted by Crippen LogP contribution is -2.24. The lowest BCUT2D eigenvalue weighted by atomic mass is 10.3. The Labute approximate surface area is 119 Å². The number of aromatic nitrogens is 3. The van der Waals surface area contributed by atoms with Gasteiger partial charge in [0.2, 0.25) is 0 Å². The molecular formula is C14H12N4OS. The van der Waals surface area contributed by atoms with E-state index in [9.17, 15) is 4.79 Å². The van der Waals surface area contributed by atoms with Crippen molar-refractivity contribution < 1.29 is 4.79 Å². The summed E-state index contributed by atoms with van der Waals surface area (Å²) < 4.78 is 1.06. The van der Waals surface area contributed by atoms with E-state index in [2.05, 4.69) is 20.3 Å². The minimum absolute atomic E-state index is 0.227. The summed E-state index contributed by atoms with van der Waals surface area (Å²) >= 11 is 1.51. The van der Waals surface area contributed by atoms with Crippen LogP contribution in [0.25, 0.3) is 20.9 Å². The molecule has 20 heavy (non-hydrogen) atoms. The van der Waals surface area contributed by atoms with Crippen LogP contribution in [0.3, 0.4) is 0 Å². The Hall–Kier alpha value is -2.34. The number of hydrogen-bond acceptors (Lipinski definition) is 5. The summed E-state index contributed by atoms with van der Waals surface area (Å²) in [5, 5.41) is 3.45. The molecule has 0 aliphatic heterocycles. The van der Waals surface area contributed by atoms with Gasteiger partial charge in [-0.15, -0.1) is 11.3 Å². The van der Waals surface area contributed by atoms with Gasteiger partial charge in [-0.1, -0.05) is 12.1 Å². The molecule has 0 aliphatic carbocycles. The Morgan fingerprint density at radius 1 is 1.25 bits per heavy atom. The molecule has 0 bridgehead atoms. The van der Waals surface area contributed by atoms with Crippen LogP contribution >= 0.6 is 11.3 Å². The van der Waals surface area contributed by atoms with Gasteiger partial charge >= 0.3 is 0 Å². The van der Waals surface area contributed by atoms with Gasteiger partial charge in [-0.25, -0.2) is 15.0 Å². The predicted molar refractivity (Wildman–Crippen MR) is 78.7 cm³/mol. The minimum Gasteiger partial charge on any atom is -0.351 e. The van der Waals surface area contributed by atoms with E-state index in [1.54, 1.807) is 6.20 Å². The quantitative estimate of drug-likeness (QED) is 0.802. The molecule has 100 valence electrons. The SMILES string of the molecule is CCNC(=O)c1nccnc1-c1nc2ccccc2s1. The lowest BCUT2D eigenvalue weighted by Gasteiger charge is -2.04. The Balaban J connectivity index is 2.11. The van der Waals surface area contributed by atoms with Crippen molar-refractivity contribution in [3.63, 3.8) is 0 Å². The van der Waals surface area contributed by atoms with Crippen molar-refractivity contribution in [2.45, 2.75) is 6.92 Å². The molecule has 2 aromatic heterocycles. The van der Waals surface area contributed by atoms with E-state index >= 15 is 0 Å². The number of thiazole rings is 1. The number of rotatable bonds is 3. The number of hydrogen-bond donors (Lipinski definition) is 1. The van der Waals surface area contributed by atoms with Crippen LogP contribution in [0.1, 0.15) is 17.4 Å². The van der Waals surface area contributed by atoms with Gasteiger partial charge in [-0.2, -0.15) is 0 Å². The first-order valence-electron chi connectivity index (χ1n) is 6.24. The zero-order chi connectivity index (χ0) is 13.9. The fraction of sp³-hybridized carbons (Fsp3) is 0.143. The molecular weight excluding hydrogens is 272 g/mol. The molecule has 3 aromatic rings. The average Bonchev–Trinajstić information content (AvgIpc) is 2.91. The highest BCUT2D eigenvalue weighted by molar-refractivity contribution is 7.21. The highest BCUT2D eigenvalue weighted by Crippen LogP contribution is 2.29. The van der Waals surface area contributed by atoms with E-state index < -0.39 is 0 Å². The Morgan fingerprint density at radius 3 is 2.85 bits per heavy atom. The lowest BCUT2D eigenvalue weighted by molar-refractivity contribution is 0.0951. The van der Waals surface area contributed by atoms with Gasteiger partial charge in [0.1, 0.15) is 10.7 Å². The minimum atomic E-state index is -0.227. The number of carbonyl (C=O) groups is 1. The van der Waals surface area contributed by atoms with Gasteiger partial charge in [0.05, 0.1) is 10.2 Å². The van der Waals surface area contributed by atoms with Crippen molar-refractivity contribution >= 4 is 27.5 Å². The number of carbonyl (C=O) groups excluding carboxylic acids is 1. The standard InChI is InChI=1S/C14H12N4OS/c1-2-15-13(19)11-12(17-8-7-16-11)14-18-9-5-3-4-6-10(9)20-14/h3-8H,2H2,1H3,(H,15,19). The first kappa shape index (κ1) is 12.7. The van der Waals surface area contributed by atoms with Gasteiger partial charge in [0.25, 0.3) is 5.91 Å². The molecule has 0 saturated heterocycles. The molecule has 5 nitrogen and oxygen atoms in total. The third-order valence-corrected chi connectivity index (χ3v) is 3.79. The Bertz CT molecular complexity index is 735. The van der Waals surface area contributed by atoms with Gasteiger partial charge < -0.3 is 5.32 Å². The van der Waals surface area contributed by atoms with E-state index in [0.717, 1.165) is 10.2 Å². The number of benzene rings is 1. The fourth-order valence-electron chi connectivity index (χ4n) is 1.88. The monoisotopic (exact) mass is 284 g/mol. The second-order valence-corrected chi connectivity index (χ2v) is 5.13. The highest BCUT2D eigenvalue weighted by Gasteiger charge is 2.17. The van der Waals surface area contributed by atoms with Crippen LogP contribution in [0.2, 0.25) is 0 Å². The van der Waals surface area contributed by atoms with Crippen LogP contribution in [0.4, 0.5) is 0 Å². The first-order valence-corrected chi connectivity index (χ1v) is 7.06. The normalized spacial score (nSPS) is 10.7. The smallest absolute Gasteiger partial charge is 0.272 e.